The van der Waals surface area contributed by atoms with E-state index in [0.717, 1.165) is 24.8 Å². The monoisotopic (exact) mass is 362 g/mol. The molecule has 4 nitrogen and oxygen atoms in total. The summed E-state index contributed by atoms with van der Waals surface area (Å²) in [6.07, 6.45) is 2.91. The minimum atomic E-state index is -0.233. The van der Waals surface area contributed by atoms with Crippen LogP contribution in [-0.2, 0) is 12.8 Å². The highest BCUT2D eigenvalue weighted by molar-refractivity contribution is 7.17. The van der Waals surface area contributed by atoms with Crippen molar-refractivity contribution in [1.29, 1.82) is 0 Å². The Bertz CT molecular complexity index is 783. The van der Waals surface area contributed by atoms with E-state index in [2.05, 4.69) is 17.6 Å². The van der Waals surface area contributed by atoms with E-state index < -0.39 is 0 Å². The van der Waals surface area contributed by atoms with E-state index >= 15 is 0 Å². The van der Waals surface area contributed by atoms with Gasteiger partial charge in [-0.3, -0.25) is 9.59 Å². The first-order chi connectivity index (χ1) is 11.5. The van der Waals surface area contributed by atoms with Crippen LogP contribution in [0, 0.1) is 5.92 Å². The molecule has 0 aliphatic heterocycles. The molecular weight excluding hydrogens is 344 g/mol. The molecule has 0 saturated carbocycles. The molecule has 2 amide bonds. The van der Waals surface area contributed by atoms with Crippen LogP contribution in [0.2, 0.25) is 5.02 Å². The standard InChI is InChI=1S/C18H19ClN2O2S/c1-10-3-8-13-14(9-10)24-18(15(13)17(23)20-2)21-16(22)11-4-6-12(19)7-5-11/h4-7,10H,3,8-9H2,1-2H3,(H,20,23)(H,21,22)/t10-/m0/s1. The molecular formula is C18H19ClN2O2S. The number of hydrogen-bond donors (Lipinski definition) is 2. The third-order valence-corrected chi connectivity index (χ3v) is 5.72. The van der Waals surface area contributed by atoms with Crippen molar-refractivity contribution in [1.82, 2.24) is 5.32 Å². The SMILES string of the molecule is CNC(=O)c1c(NC(=O)c2ccc(Cl)cc2)sc2c1CC[C@H](C)C2. The van der Waals surface area contributed by atoms with Gasteiger partial charge in [-0.05, 0) is 55.0 Å². The van der Waals surface area contributed by atoms with Gasteiger partial charge in [-0.1, -0.05) is 18.5 Å². The second kappa shape index (κ2) is 6.95. The number of nitrogens with one attached hydrogen (secondary N) is 2. The number of halogens is 1. The molecule has 0 bridgehead atoms. The normalized spacial score (nSPS) is 16.4. The van der Waals surface area contributed by atoms with Crippen LogP contribution < -0.4 is 10.6 Å². The average Bonchev–Trinajstić information content (AvgIpc) is 2.91. The summed E-state index contributed by atoms with van der Waals surface area (Å²) in [5.41, 5.74) is 2.22. The van der Waals surface area contributed by atoms with Gasteiger partial charge in [-0.15, -0.1) is 11.3 Å². The van der Waals surface area contributed by atoms with Crippen LogP contribution >= 0.6 is 22.9 Å². The van der Waals surface area contributed by atoms with Crippen molar-refractivity contribution in [3.05, 3.63) is 50.9 Å². The lowest BCUT2D eigenvalue weighted by atomic mass is 9.88. The number of carbonyl (C=O) groups excluding carboxylic acids is 2. The first kappa shape index (κ1) is 17.0. The fraction of sp³-hybridized carbons (Fsp3) is 0.333. The number of hydrogen-bond acceptors (Lipinski definition) is 3. The maximum Gasteiger partial charge on any atom is 0.256 e. The van der Waals surface area contributed by atoms with Gasteiger partial charge in [0.2, 0.25) is 0 Å². The molecule has 24 heavy (non-hydrogen) atoms. The minimum Gasteiger partial charge on any atom is -0.355 e. The van der Waals surface area contributed by atoms with Crippen LogP contribution in [0.3, 0.4) is 0 Å². The zero-order valence-electron chi connectivity index (χ0n) is 13.6. The molecule has 1 aliphatic rings. The number of fused-ring (bicyclic) bond motifs is 1. The maximum atomic E-state index is 12.5. The van der Waals surface area contributed by atoms with Crippen LogP contribution in [0.5, 0.6) is 0 Å². The van der Waals surface area contributed by atoms with Crippen molar-refractivity contribution >= 4 is 39.8 Å². The second-order valence-electron chi connectivity index (χ2n) is 6.10. The highest BCUT2D eigenvalue weighted by Crippen LogP contribution is 2.39. The summed E-state index contributed by atoms with van der Waals surface area (Å²) in [6, 6.07) is 6.70. The number of thiophene rings is 1. The summed E-state index contributed by atoms with van der Waals surface area (Å²) in [6.45, 7) is 2.22. The molecule has 1 heterocycles. The zero-order valence-corrected chi connectivity index (χ0v) is 15.2. The molecule has 1 aliphatic carbocycles. The Kier molecular flexibility index (Phi) is 4.92. The van der Waals surface area contributed by atoms with Crippen molar-refractivity contribution in [2.45, 2.75) is 26.2 Å². The van der Waals surface area contributed by atoms with E-state index in [9.17, 15) is 9.59 Å². The molecule has 0 radical (unpaired) electrons. The smallest absolute Gasteiger partial charge is 0.256 e. The van der Waals surface area contributed by atoms with Gasteiger partial charge in [-0.2, -0.15) is 0 Å². The molecule has 0 spiro atoms. The predicted octanol–water partition coefficient (Wildman–Crippen LogP) is 4.14. The van der Waals surface area contributed by atoms with E-state index in [-0.39, 0.29) is 11.8 Å². The Morgan fingerprint density at radius 3 is 2.58 bits per heavy atom. The van der Waals surface area contributed by atoms with Gasteiger partial charge in [0.05, 0.1) is 5.56 Å². The Balaban J connectivity index is 1.93. The molecule has 1 aromatic carbocycles. The molecule has 1 atom stereocenters. The highest BCUT2D eigenvalue weighted by atomic mass is 35.5. The fourth-order valence-electron chi connectivity index (χ4n) is 2.98. The Morgan fingerprint density at radius 2 is 1.92 bits per heavy atom. The molecule has 126 valence electrons. The van der Waals surface area contributed by atoms with Crippen molar-refractivity contribution in [2.75, 3.05) is 12.4 Å². The van der Waals surface area contributed by atoms with Crippen LogP contribution in [-0.4, -0.2) is 18.9 Å². The molecule has 1 aromatic heterocycles. The molecule has 0 saturated heterocycles. The third-order valence-electron chi connectivity index (χ3n) is 4.30. The summed E-state index contributed by atoms with van der Waals surface area (Å²) in [7, 11) is 1.61. The molecule has 2 N–H and O–H groups in total. The predicted molar refractivity (Wildman–Crippen MR) is 98.3 cm³/mol. The first-order valence-electron chi connectivity index (χ1n) is 7.93. The molecule has 3 rings (SSSR count). The van der Waals surface area contributed by atoms with E-state index in [1.54, 1.807) is 31.3 Å². The summed E-state index contributed by atoms with van der Waals surface area (Å²) in [5.74, 6) is 0.227. The largest absolute Gasteiger partial charge is 0.355 e. The lowest BCUT2D eigenvalue weighted by molar-refractivity contribution is 0.0963. The van der Waals surface area contributed by atoms with E-state index in [0.29, 0.717) is 27.1 Å². The Labute approximate surface area is 150 Å². The lowest BCUT2D eigenvalue weighted by Crippen LogP contribution is -2.22. The topological polar surface area (TPSA) is 58.2 Å². The molecule has 0 unspecified atom stereocenters. The quantitative estimate of drug-likeness (QED) is 0.862. The van der Waals surface area contributed by atoms with E-state index in [1.807, 2.05) is 0 Å². The van der Waals surface area contributed by atoms with E-state index in [4.69, 9.17) is 11.6 Å². The minimum absolute atomic E-state index is 0.145. The Hall–Kier alpha value is -1.85. The highest BCUT2D eigenvalue weighted by Gasteiger charge is 2.28. The van der Waals surface area contributed by atoms with Crippen LogP contribution in [0.4, 0.5) is 5.00 Å². The van der Waals surface area contributed by atoms with Gasteiger partial charge in [0, 0.05) is 22.5 Å². The molecule has 0 fully saturated rings. The van der Waals surface area contributed by atoms with Crippen molar-refractivity contribution in [2.24, 2.45) is 5.92 Å². The molecule has 6 heteroatoms. The number of carbonyl (C=O) groups is 2. The van der Waals surface area contributed by atoms with Crippen LogP contribution in [0.15, 0.2) is 24.3 Å². The lowest BCUT2D eigenvalue weighted by Gasteiger charge is -2.18. The third kappa shape index (κ3) is 3.32. The van der Waals surface area contributed by atoms with Gasteiger partial charge in [-0.25, -0.2) is 0 Å². The van der Waals surface area contributed by atoms with Gasteiger partial charge in [0.1, 0.15) is 5.00 Å². The van der Waals surface area contributed by atoms with Crippen molar-refractivity contribution < 1.29 is 9.59 Å². The summed E-state index contributed by atoms with van der Waals surface area (Å²) >= 11 is 7.38. The molecule has 2 aromatic rings. The van der Waals surface area contributed by atoms with Crippen molar-refractivity contribution in [3.63, 3.8) is 0 Å². The number of rotatable bonds is 3. The Morgan fingerprint density at radius 1 is 1.21 bits per heavy atom. The first-order valence-corrected chi connectivity index (χ1v) is 9.12. The van der Waals surface area contributed by atoms with Gasteiger partial charge >= 0.3 is 0 Å². The second-order valence-corrected chi connectivity index (χ2v) is 7.64. The maximum absolute atomic E-state index is 12.5. The van der Waals surface area contributed by atoms with Gasteiger partial charge in [0.25, 0.3) is 11.8 Å². The number of benzene rings is 1. The van der Waals surface area contributed by atoms with Crippen LogP contribution in [0.1, 0.15) is 44.5 Å². The van der Waals surface area contributed by atoms with Crippen molar-refractivity contribution in [3.8, 4) is 0 Å². The van der Waals surface area contributed by atoms with Gasteiger partial charge < -0.3 is 10.6 Å². The fourth-order valence-corrected chi connectivity index (χ4v) is 4.51. The number of amides is 2. The summed E-state index contributed by atoms with van der Waals surface area (Å²) < 4.78 is 0. The van der Waals surface area contributed by atoms with E-state index in [1.165, 1.54) is 16.2 Å². The van der Waals surface area contributed by atoms with Crippen LogP contribution in [0.25, 0.3) is 0 Å². The number of anilines is 1. The van der Waals surface area contributed by atoms with Gasteiger partial charge in [0.15, 0.2) is 0 Å². The summed E-state index contributed by atoms with van der Waals surface area (Å²) in [5, 5.41) is 6.81. The summed E-state index contributed by atoms with van der Waals surface area (Å²) in [4.78, 5) is 26.0. The zero-order chi connectivity index (χ0) is 17.3. The average molecular weight is 363 g/mol.